The molecule has 0 saturated carbocycles. The fourth-order valence-electron chi connectivity index (χ4n) is 1.25. The Hall–Kier alpha value is -1.01. The Balaban J connectivity index is 2.62. The summed E-state index contributed by atoms with van der Waals surface area (Å²) >= 11 is 3.16. The number of benzene rings is 1. The minimum Gasteiger partial charge on any atom is -0.385 e. The molecule has 80 valence electrons. The van der Waals surface area contributed by atoms with Gasteiger partial charge >= 0.3 is 0 Å². The van der Waals surface area contributed by atoms with Gasteiger partial charge in [-0.1, -0.05) is 0 Å². The van der Waals surface area contributed by atoms with Crippen molar-refractivity contribution in [2.24, 2.45) is 0 Å². The molecule has 1 nitrogen and oxygen atoms in total. The first-order valence-electron chi connectivity index (χ1n) is 4.78. The fourth-order valence-corrected chi connectivity index (χ4v) is 1.59. The predicted molar refractivity (Wildman–Crippen MR) is 65.4 cm³/mol. The van der Waals surface area contributed by atoms with Crippen molar-refractivity contribution >= 4 is 21.6 Å². The third-order valence-electron chi connectivity index (χ3n) is 2.08. The first-order chi connectivity index (χ1) is 7.15. The highest BCUT2D eigenvalue weighted by atomic mass is 79.9. The van der Waals surface area contributed by atoms with E-state index in [1.54, 1.807) is 6.07 Å². The minimum atomic E-state index is -0.235. The van der Waals surface area contributed by atoms with E-state index in [1.165, 1.54) is 6.07 Å². The summed E-state index contributed by atoms with van der Waals surface area (Å²) in [6.07, 6.45) is 6.83. The molecule has 0 aromatic heterocycles. The average molecular weight is 270 g/mol. The van der Waals surface area contributed by atoms with E-state index in [-0.39, 0.29) is 5.82 Å². The topological polar surface area (TPSA) is 12.0 Å². The summed E-state index contributed by atoms with van der Waals surface area (Å²) in [5, 5.41) is 3.22. The van der Waals surface area contributed by atoms with Crippen LogP contribution in [0.15, 0.2) is 16.6 Å². The molecule has 1 aromatic rings. The van der Waals surface area contributed by atoms with Crippen LogP contribution in [0.25, 0.3) is 0 Å². The third-order valence-corrected chi connectivity index (χ3v) is 2.69. The molecule has 1 N–H and O–H groups in total. The largest absolute Gasteiger partial charge is 0.385 e. The molecule has 0 saturated heterocycles. The number of terminal acetylenes is 1. The van der Waals surface area contributed by atoms with Crippen LogP contribution in [0.5, 0.6) is 0 Å². The lowest BCUT2D eigenvalue weighted by molar-refractivity contribution is 0.620. The Kier molecular flexibility index (Phi) is 4.64. The van der Waals surface area contributed by atoms with E-state index in [2.05, 4.69) is 27.2 Å². The lowest BCUT2D eigenvalue weighted by atomic mass is 10.2. The van der Waals surface area contributed by atoms with Crippen molar-refractivity contribution in [3.8, 4) is 12.3 Å². The number of hydrogen-bond acceptors (Lipinski definition) is 1. The quantitative estimate of drug-likeness (QED) is 0.649. The van der Waals surface area contributed by atoms with Gasteiger partial charge in [0.25, 0.3) is 0 Å². The Morgan fingerprint density at radius 1 is 1.53 bits per heavy atom. The molecule has 1 aromatic carbocycles. The van der Waals surface area contributed by atoms with Crippen molar-refractivity contribution in [2.75, 3.05) is 11.9 Å². The summed E-state index contributed by atoms with van der Waals surface area (Å²) in [4.78, 5) is 0. The van der Waals surface area contributed by atoms with Crippen LogP contribution < -0.4 is 5.32 Å². The molecule has 0 fully saturated rings. The fraction of sp³-hybridized carbons (Fsp3) is 0.333. The van der Waals surface area contributed by atoms with Crippen molar-refractivity contribution in [1.29, 1.82) is 0 Å². The van der Waals surface area contributed by atoms with Crippen LogP contribution in [0.1, 0.15) is 18.4 Å². The molecule has 0 heterocycles. The van der Waals surface area contributed by atoms with E-state index >= 15 is 0 Å². The molecule has 0 amide bonds. The summed E-state index contributed by atoms with van der Waals surface area (Å²) in [6, 6.07) is 3.26. The van der Waals surface area contributed by atoms with E-state index in [0.29, 0.717) is 4.47 Å². The third kappa shape index (κ3) is 3.56. The minimum absolute atomic E-state index is 0.235. The van der Waals surface area contributed by atoms with Gasteiger partial charge in [-0.3, -0.25) is 0 Å². The lowest BCUT2D eigenvalue weighted by Crippen LogP contribution is -2.03. The second kappa shape index (κ2) is 5.77. The van der Waals surface area contributed by atoms with Gasteiger partial charge < -0.3 is 5.32 Å². The molecular weight excluding hydrogens is 257 g/mol. The van der Waals surface area contributed by atoms with Crippen LogP contribution in [-0.2, 0) is 0 Å². The maximum absolute atomic E-state index is 13.1. The highest BCUT2D eigenvalue weighted by Gasteiger charge is 2.04. The molecule has 0 radical (unpaired) electrons. The van der Waals surface area contributed by atoms with E-state index in [9.17, 15) is 4.39 Å². The highest BCUT2D eigenvalue weighted by molar-refractivity contribution is 9.10. The Bertz CT molecular complexity index is 382. The van der Waals surface area contributed by atoms with Crippen LogP contribution in [0.3, 0.4) is 0 Å². The van der Waals surface area contributed by atoms with Crippen molar-refractivity contribution < 1.29 is 4.39 Å². The van der Waals surface area contributed by atoms with Gasteiger partial charge in [0.05, 0.1) is 4.47 Å². The highest BCUT2D eigenvalue weighted by Crippen LogP contribution is 2.24. The Labute approximate surface area is 98.2 Å². The first-order valence-corrected chi connectivity index (χ1v) is 5.57. The molecular formula is C12H13BrFN. The second-order valence-electron chi connectivity index (χ2n) is 3.32. The van der Waals surface area contributed by atoms with E-state index < -0.39 is 0 Å². The van der Waals surface area contributed by atoms with Crippen LogP contribution in [0.2, 0.25) is 0 Å². The zero-order valence-electron chi connectivity index (χ0n) is 8.61. The van der Waals surface area contributed by atoms with Gasteiger partial charge in [-0.2, -0.15) is 0 Å². The number of nitrogens with one attached hydrogen (secondary N) is 1. The van der Waals surface area contributed by atoms with Gasteiger partial charge in [0, 0.05) is 18.7 Å². The molecule has 0 spiro atoms. The molecule has 0 aliphatic rings. The number of anilines is 1. The summed E-state index contributed by atoms with van der Waals surface area (Å²) in [5.74, 6) is 2.35. The molecule has 0 atom stereocenters. The number of hydrogen-bond donors (Lipinski definition) is 1. The van der Waals surface area contributed by atoms with Gasteiger partial charge in [0.1, 0.15) is 5.82 Å². The predicted octanol–water partition coefficient (Wildman–Crippen LogP) is 3.72. The molecule has 3 heteroatoms. The summed E-state index contributed by atoms with van der Waals surface area (Å²) in [5.41, 5.74) is 1.84. The zero-order chi connectivity index (χ0) is 11.3. The standard InChI is InChI=1S/C12H13BrFN/c1-3-4-5-6-15-12-8-10(13)11(14)7-9(12)2/h1,7-8,15H,4-6H2,2H3. The number of halogens is 2. The molecule has 15 heavy (non-hydrogen) atoms. The number of rotatable bonds is 4. The van der Waals surface area contributed by atoms with E-state index in [0.717, 1.165) is 30.6 Å². The van der Waals surface area contributed by atoms with E-state index in [4.69, 9.17) is 6.42 Å². The SMILES string of the molecule is C#CCCCNc1cc(Br)c(F)cc1C. The Morgan fingerprint density at radius 3 is 2.93 bits per heavy atom. The summed E-state index contributed by atoms with van der Waals surface area (Å²) < 4.78 is 13.6. The van der Waals surface area contributed by atoms with Crippen molar-refractivity contribution in [1.82, 2.24) is 0 Å². The van der Waals surface area contributed by atoms with Gasteiger partial charge in [0.15, 0.2) is 0 Å². The monoisotopic (exact) mass is 269 g/mol. The molecule has 0 aliphatic heterocycles. The smallest absolute Gasteiger partial charge is 0.137 e. The maximum Gasteiger partial charge on any atom is 0.137 e. The van der Waals surface area contributed by atoms with Crippen LogP contribution in [0.4, 0.5) is 10.1 Å². The van der Waals surface area contributed by atoms with Crippen LogP contribution >= 0.6 is 15.9 Å². The molecule has 0 bridgehead atoms. The maximum atomic E-state index is 13.1. The van der Waals surface area contributed by atoms with Crippen molar-refractivity contribution in [3.63, 3.8) is 0 Å². The summed E-state index contributed by atoms with van der Waals surface area (Å²) in [7, 11) is 0. The molecule has 1 rings (SSSR count). The van der Waals surface area contributed by atoms with Gasteiger partial charge in [0.2, 0.25) is 0 Å². The van der Waals surface area contributed by atoms with Crippen LogP contribution in [0, 0.1) is 25.1 Å². The van der Waals surface area contributed by atoms with Crippen LogP contribution in [-0.4, -0.2) is 6.54 Å². The molecule has 0 aliphatic carbocycles. The molecule has 0 unspecified atom stereocenters. The van der Waals surface area contributed by atoms with Crippen molar-refractivity contribution in [2.45, 2.75) is 19.8 Å². The van der Waals surface area contributed by atoms with Crippen molar-refractivity contribution in [3.05, 3.63) is 28.0 Å². The lowest BCUT2D eigenvalue weighted by Gasteiger charge is -2.09. The number of unbranched alkanes of at least 4 members (excludes halogenated alkanes) is 1. The Morgan fingerprint density at radius 2 is 2.27 bits per heavy atom. The van der Waals surface area contributed by atoms with Gasteiger partial charge in [-0.05, 0) is 47.0 Å². The normalized spacial score (nSPS) is 9.73. The second-order valence-corrected chi connectivity index (χ2v) is 4.17. The number of aryl methyl sites for hydroxylation is 1. The average Bonchev–Trinajstić information content (AvgIpc) is 2.20. The van der Waals surface area contributed by atoms with Gasteiger partial charge in [-0.15, -0.1) is 12.3 Å². The van der Waals surface area contributed by atoms with Gasteiger partial charge in [-0.25, -0.2) is 4.39 Å². The first kappa shape index (κ1) is 12.1. The zero-order valence-corrected chi connectivity index (χ0v) is 10.2. The summed E-state index contributed by atoms with van der Waals surface area (Å²) in [6.45, 7) is 2.68. The van der Waals surface area contributed by atoms with E-state index in [1.807, 2.05) is 6.92 Å².